The molecule has 20 heavy (non-hydrogen) atoms. The summed E-state index contributed by atoms with van der Waals surface area (Å²) >= 11 is 0. The van der Waals surface area contributed by atoms with Crippen LogP contribution in [0.1, 0.15) is 6.92 Å². The third-order valence-electron chi connectivity index (χ3n) is 2.73. The summed E-state index contributed by atoms with van der Waals surface area (Å²) in [4.78, 5) is 0. The predicted molar refractivity (Wildman–Crippen MR) is 73.9 cm³/mol. The molecule has 1 rings (SSSR count). The molecule has 0 amide bonds. The average molecular weight is 324 g/mol. The summed E-state index contributed by atoms with van der Waals surface area (Å²) < 4.78 is 44.5. The van der Waals surface area contributed by atoms with Gasteiger partial charge in [0.15, 0.2) is 0 Å². The van der Waals surface area contributed by atoms with E-state index >= 15 is 0 Å². The Hall–Kier alpha value is -0.680. The van der Waals surface area contributed by atoms with E-state index in [2.05, 4.69) is 9.05 Å². The van der Waals surface area contributed by atoms with Gasteiger partial charge < -0.3 is 23.2 Å². The van der Waals surface area contributed by atoms with Crippen molar-refractivity contribution in [3.8, 4) is 5.75 Å². The molecule has 0 saturated heterocycles. The zero-order valence-electron chi connectivity index (χ0n) is 11.7. The summed E-state index contributed by atoms with van der Waals surface area (Å²) in [6, 6.07) is 8.07. The Balaban J connectivity index is 3.22. The lowest BCUT2D eigenvalue weighted by Crippen LogP contribution is -2.29. The highest BCUT2D eigenvalue weighted by atomic mass is 31.2. The minimum absolute atomic E-state index is 0.191. The highest BCUT2D eigenvalue weighted by molar-refractivity contribution is 7.74. The summed E-state index contributed by atoms with van der Waals surface area (Å²) in [6.07, 6.45) is 0. The summed E-state index contributed by atoms with van der Waals surface area (Å²) in [6.45, 7) is 1.02. The lowest BCUT2D eigenvalue weighted by molar-refractivity contribution is 0.125. The summed E-state index contributed by atoms with van der Waals surface area (Å²) in [7, 11) is -5.14. The number of hydrogen-bond donors (Lipinski definition) is 1. The Morgan fingerprint density at radius 3 is 1.80 bits per heavy atom. The number of para-hydroxylation sites is 1. The number of aliphatic hydroxyl groups is 1. The van der Waals surface area contributed by atoms with E-state index in [0.717, 1.165) is 28.3 Å². The molecule has 0 saturated carbocycles. The van der Waals surface area contributed by atoms with Gasteiger partial charge in [0.05, 0.1) is 0 Å². The van der Waals surface area contributed by atoms with Gasteiger partial charge in [-0.1, -0.05) is 18.2 Å². The Labute approximate surface area is 117 Å². The molecule has 0 bridgehead atoms. The minimum atomic E-state index is -4.24. The quantitative estimate of drug-likeness (QED) is 0.771. The normalized spacial score (nSPS) is 18.1. The molecule has 0 fully saturated rings. The number of rotatable bonds is 7. The van der Waals surface area contributed by atoms with Crippen LogP contribution < -0.4 is 4.52 Å². The average Bonchev–Trinajstić information content (AvgIpc) is 2.46. The first-order valence-corrected chi connectivity index (χ1v) is 8.69. The first-order chi connectivity index (χ1) is 9.26. The summed E-state index contributed by atoms with van der Waals surface area (Å²) in [5.41, 5.74) is 0. The standard InChI is InChI=1S/C11H18O7P2/c1-11(12,19(13,15-2)16-3)20(14,17-4)18-10-8-6-5-7-9-10/h5-9,12H,1-4H3. The molecule has 1 aromatic carbocycles. The highest BCUT2D eigenvalue weighted by Gasteiger charge is 2.61. The van der Waals surface area contributed by atoms with E-state index in [0.29, 0.717) is 0 Å². The minimum Gasteiger partial charge on any atom is -0.422 e. The van der Waals surface area contributed by atoms with Crippen LogP contribution in [0.25, 0.3) is 0 Å². The van der Waals surface area contributed by atoms with Crippen molar-refractivity contribution >= 4 is 15.2 Å². The fourth-order valence-corrected chi connectivity index (χ4v) is 5.38. The molecule has 0 aromatic heterocycles. The van der Waals surface area contributed by atoms with Crippen molar-refractivity contribution in [1.29, 1.82) is 0 Å². The predicted octanol–water partition coefficient (Wildman–Crippen LogP) is 3.06. The van der Waals surface area contributed by atoms with Crippen molar-refractivity contribution in [3.05, 3.63) is 30.3 Å². The SMILES string of the molecule is COP(=O)(OC)C(C)(O)P(=O)(OC)Oc1ccccc1. The molecule has 0 spiro atoms. The van der Waals surface area contributed by atoms with Crippen LogP contribution in [-0.4, -0.2) is 31.5 Å². The van der Waals surface area contributed by atoms with Gasteiger partial charge in [0, 0.05) is 21.3 Å². The van der Waals surface area contributed by atoms with Crippen LogP contribution in [0.4, 0.5) is 0 Å². The maximum atomic E-state index is 12.7. The highest BCUT2D eigenvalue weighted by Crippen LogP contribution is 2.75. The molecule has 1 N–H and O–H groups in total. The molecule has 114 valence electrons. The van der Waals surface area contributed by atoms with E-state index in [4.69, 9.17) is 9.05 Å². The fraction of sp³-hybridized carbons (Fsp3) is 0.455. The van der Waals surface area contributed by atoms with Crippen molar-refractivity contribution in [2.24, 2.45) is 0 Å². The second kappa shape index (κ2) is 6.39. The molecular weight excluding hydrogens is 306 g/mol. The third kappa shape index (κ3) is 2.98. The number of hydrogen-bond acceptors (Lipinski definition) is 7. The summed E-state index contributed by atoms with van der Waals surface area (Å²) in [5.74, 6) is 0.191. The Morgan fingerprint density at radius 1 is 0.950 bits per heavy atom. The topological polar surface area (TPSA) is 91.3 Å². The van der Waals surface area contributed by atoms with Crippen LogP contribution in [0.15, 0.2) is 30.3 Å². The van der Waals surface area contributed by atoms with Crippen molar-refractivity contribution in [2.75, 3.05) is 21.3 Å². The molecule has 9 heteroatoms. The lowest BCUT2D eigenvalue weighted by Gasteiger charge is -2.34. The van der Waals surface area contributed by atoms with Crippen molar-refractivity contribution in [2.45, 2.75) is 12.0 Å². The van der Waals surface area contributed by atoms with Crippen LogP contribution in [0.2, 0.25) is 0 Å². The monoisotopic (exact) mass is 324 g/mol. The molecule has 0 aliphatic heterocycles. The molecule has 0 radical (unpaired) electrons. The van der Waals surface area contributed by atoms with Crippen molar-refractivity contribution in [3.63, 3.8) is 0 Å². The molecule has 2 unspecified atom stereocenters. The van der Waals surface area contributed by atoms with Gasteiger partial charge >= 0.3 is 15.2 Å². The van der Waals surface area contributed by atoms with E-state index in [9.17, 15) is 14.2 Å². The van der Waals surface area contributed by atoms with E-state index in [-0.39, 0.29) is 5.75 Å². The van der Waals surface area contributed by atoms with E-state index in [1.54, 1.807) is 18.2 Å². The second-order valence-corrected chi connectivity index (χ2v) is 9.28. The van der Waals surface area contributed by atoms with Gasteiger partial charge in [0.2, 0.25) is 0 Å². The molecule has 0 aliphatic rings. The molecular formula is C11H18O7P2. The van der Waals surface area contributed by atoms with Gasteiger partial charge in [-0.25, -0.2) is 4.57 Å². The molecule has 1 aromatic rings. The van der Waals surface area contributed by atoms with Gasteiger partial charge in [0.25, 0.3) is 5.08 Å². The summed E-state index contributed by atoms with van der Waals surface area (Å²) in [5, 5.41) is 7.92. The first-order valence-electron chi connectivity index (χ1n) is 5.61. The van der Waals surface area contributed by atoms with Gasteiger partial charge in [-0.2, -0.15) is 0 Å². The van der Waals surface area contributed by atoms with Gasteiger partial charge in [-0.05, 0) is 19.1 Å². The van der Waals surface area contributed by atoms with Gasteiger partial charge in [-0.15, -0.1) is 0 Å². The first kappa shape index (κ1) is 17.4. The van der Waals surface area contributed by atoms with E-state index in [1.807, 2.05) is 0 Å². The van der Waals surface area contributed by atoms with Crippen LogP contribution >= 0.6 is 15.2 Å². The Morgan fingerprint density at radius 2 is 1.40 bits per heavy atom. The molecule has 0 heterocycles. The van der Waals surface area contributed by atoms with Crippen molar-refractivity contribution in [1.82, 2.24) is 0 Å². The van der Waals surface area contributed by atoms with Crippen LogP contribution in [0.5, 0.6) is 5.75 Å². The van der Waals surface area contributed by atoms with Crippen LogP contribution in [0, 0.1) is 0 Å². The van der Waals surface area contributed by atoms with E-state index < -0.39 is 20.3 Å². The largest absolute Gasteiger partial charge is 0.422 e. The zero-order chi connectivity index (χ0) is 15.4. The van der Waals surface area contributed by atoms with Crippen LogP contribution in [-0.2, 0) is 22.7 Å². The third-order valence-corrected chi connectivity index (χ3v) is 8.17. The van der Waals surface area contributed by atoms with Gasteiger partial charge in [0.1, 0.15) is 5.75 Å². The molecule has 7 nitrogen and oxygen atoms in total. The second-order valence-electron chi connectivity index (χ2n) is 3.92. The van der Waals surface area contributed by atoms with Crippen molar-refractivity contribution < 1.29 is 32.3 Å². The molecule has 2 atom stereocenters. The maximum Gasteiger partial charge on any atom is 0.422 e. The lowest BCUT2D eigenvalue weighted by atomic mass is 10.3. The fourth-order valence-electron chi connectivity index (χ4n) is 1.49. The Bertz CT molecular complexity index is 521. The Kier molecular flexibility index (Phi) is 5.55. The number of benzene rings is 1. The van der Waals surface area contributed by atoms with E-state index in [1.165, 1.54) is 12.1 Å². The molecule has 0 aliphatic carbocycles. The van der Waals surface area contributed by atoms with Gasteiger partial charge in [-0.3, -0.25) is 4.57 Å². The maximum absolute atomic E-state index is 12.7. The van der Waals surface area contributed by atoms with Crippen LogP contribution in [0.3, 0.4) is 0 Å². The zero-order valence-corrected chi connectivity index (χ0v) is 13.5. The smallest absolute Gasteiger partial charge is 0.422 e.